The average molecular weight is 483 g/mol. The molecule has 33 heavy (non-hydrogen) atoms. The number of nitrogens with one attached hydrogen (secondary N) is 1. The maximum atomic E-state index is 12.9. The van der Waals surface area contributed by atoms with E-state index in [1.54, 1.807) is 6.92 Å². The lowest BCUT2D eigenvalue weighted by atomic mass is 10.1. The number of H-pyrrole nitrogens is 1. The Morgan fingerprint density at radius 3 is 2.52 bits per heavy atom. The molecule has 8 heteroatoms. The fourth-order valence-corrected chi connectivity index (χ4v) is 5.00. The summed E-state index contributed by atoms with van der Waals surface area (Å²) in [6.07, 6.45) is 0.0635. The Morgan fingerprint density at radius 1 is 1.09 bits per heavy atom. The van der Waals surface area contributed by atoms with E-state index >= 15 is 0 Å². The normalized spacial score (nSPS) is 13.9. The zero-order chi connectivity index (χ0) is 23.4. The Morgan fingerprint density at radius 2 is 1.82 bits per heavy atom. The van der Waals surface area contributed by atoms with Gasteiger partial charge < -0.3 is 14.8 Å². The minimum absolute atomic E-state index is 0.0439. The maximum absolute atomic E-state index is 12.9. The van der Waals surface area contributed by atoms with Gasteiger partial charge in [0.2, 0.25) is 5.91 Å². The van der Waals surface area contributed by atoms with E-state index in [1.165, 1.54) is 11.8 Å². The molecular formula is C25H27ClN4O2S. The molecule has 0 radical (unpaired) electrons. The van der Waals surface area contributed by atoms with Crippen LogP contribution in [-0.2, 0) is 17.0 Å². The second kappa shape index (κ2) is 10.4. The molecule has 2 aromatic carbocycles. The van der Waals surface area contributed by atoms with Crippen molar-refractivity contribution in [2.45, 2.75) is 31.2 Å². The number of anilines is 1. The first-order valence-corrected chi connectivity index (χ1v) is 12.3. The first kappa shape index (κ1) is 23.4. The third-order valence-corrected chi connectivity index (χ3v) is 7.07. The van der Waals surface area contributed by atoms with Gasteiger partial charge in [0.1, 0.15) is 0 Å². The van der Waals surface area contributed by atoms with Crippen molar-refractivity contribution in [3.05, 3.63) is 86.3 Å². The van der Waals surface area contributed by atoms with Crippen LogP contribution in [-0.4, -0.2) is 47.0 Å². The highest BCUT2D eigenvalue weighted by molar-refractivity contribution is 7.98. The zero-order valence-corrected chi connectivity index (χ0v) is 20.4. The molecule has 1 aromatic heterocycles. The number of amides is 1. The fourth-order valence-electron chi connectivity index (χ4n) is 3.97. The van der Waals surface area contributed by atoms with E-state index in [1.807, 2.05) is 53.4 Å². The van der Waals surface area contributed by atoms with Crippen LogP contribution in [0.4, 0.5) is 5.69 Å². The third-order valence-electron chi connectivity index (χ3n) is 5.89. The summed E-state index contributed by atoms with van der Waals surface area (Å²) < 4.78 is 0. The highest BCUT2D eigenvalue weighted by Crippen LogP contribution is 2.25. The van der Waals surface area contributed by atoms with Crippen molar-refractivity contribution in [3.63, 3.8) is 0 Å². The number of aryl methyl sites for hydroxylation is 2. The molecule has 3 aromatic rings. The van der Waals surface area contributed by atoms with Crippen LogP contribution in [0.25, 0.3) is 0 Å². The van der Waals surface area contributed by atoms with Crippen LogP contribution in [0.2, 0.25) is 5.02 Å². The molecule has 0 saturated carbocycles. The van der Waals surface area contributed by atoms with Crippen LogP contribution in [0.1, 0.15) is 22.4 Å². The van der Waals surface area contributed by atoms with Crippen molar-refractivity contribution >= 4 is 35.0 Å². The summed E-state index contributed by atoms with van der Waals surface area (Å²) in [4.78, 5) is 37.1. The molecule has 0 atom stereocenters. The van der Waals surface area contributed by atoms with Crippen molar-refractivity contribution in [1.29, 1.82) is 0 Å². The lowest BCUT2D eigenvalue weighted by Crippen LogP contribution is -2.49. The van der Waals surface area contributed by atoms with Crippen molar-refractivity contribution < 1.29 is 4.79 Å². The molecule has 0 spiro atoms. The monoisotopic (exact) mass is 482 g/mol. The molecule has 0 unspecified atom stereocenters. The number of hydrogen-bond acceptors (Lipinski definition) is 5. The second-order valence-electron chi connectivity index (χ2n) is 8.18. The number of carbonyl (C=O) groups excluding carboxylic acids is 1. The van der Waals surface area contributed by atoms with Gasteiger partial charge in [0, 0.05) is 53.9 Å². The lowest BCUT2D eigenvalue weighted by molar-refractivity contribution is -0.130. The largest absolute Gasteiger partial charge is 0.368 e. The quantitative estimate of drug-likeness (QED) is 0.420. The summed E-state index contributed by atoms with van der Waals surface area (Å²) in [5.74, 6) is 0.676. The van der Waals surface area contributed by atoms with E-state index in [0.29, 0.717) is 34.5 Å². The summed E-state index contributed by atoms with van der Waals surface area (Å²) in [6.45, 7) is 6.54. The summed E-state index contributed by atoms with van der Waals surface area (Å²) in [5, 5.41) is 1.28. The van der Waals surface area contributed by atoms with Crippen molar-refractivity contribution in [3.8, 4) is 0 Å². The minimum atomic E-state index is -0.236. The molecule has 4 rings (SSSR count). The van der Waals surface area contributed by atoms with E-state index in [4.69, 9.17) is 11.6 Å². The molecule has 172 valence electrons. The summed E-state index contributed by atoms with van der Waals surface area (Å²) in [5.41, 5.74) is 4.24. The molecule has 1 aliphatic heterocycles. The topological polar surface area (TPSA) is 69.3 Å². The Balaban J connectivity index is 1.36. The first-order chi connectivity index (χ1) is 15.9. The van der Waals surface area contributed by atoms with Gasteiger partial charge in [-0.25, -0.2) is 4.98 Å². The van der Waals surface area contributed by atoms with Crippen LogP contribution < -0.4 is 10.5 Å². The Labute approximate surface area is 203 Å². The van der Waals surface area contributed by atoms with Crippen molar-refractivity contribution in [2.24, 2.45) is 0 Å². The van der Waals surface area contributed by atoms with E-state index in [9.17, 15) is 9.59 Å². The van der Waals surface area contributed by atoms with Crippen LogP contribution in [0.15, 0.2) is 58.5 Å². The predicted molar refractivity (Wildman–Crippen MR) is 134 cm³/mol. The number of benzene rings is 2. The van der Waals surface area contributed by atoms with Gasteiger partial charge >= 0.3 is 0 Å². The number of halogens is 1. The summed E-state index contributed by atoms with van der Waals surface area (Å²) >= 11 is 7.65. The predicted octanol–water partition coefficient (Wildman–Crippen LogP) is 4.22. The minimum Gasteiger partial charge on any atom is -0.368 e. The number of aromatic amines is 1. The van der Waals surface area contributed by atoms with Gasteiger partial charge in [0.05, 0.1) is 6.42 Å². The molecule has 1 amide bonds. The standard InChI is InChI=1S/C25H27ClN4O2S/c1-17-8-9-20(26)14-22(17)29-10-12-30(13-11-29)23(31)15-21-18(2)27-25(28-24(21)32)33-16-19-6-4-3-5-7-19/h3-9,14H,10-13,15-16H2,1-2H3,(H,27,28,32). The van der Waals surface area contributed by atoms with Gasteiger partial charge in [0.15, 0.2) is 5.16 Å². The van der Waals surface area contributed by atoms with Crippen LogP contribution in [0.3, 0.4) is 0 Å². The number of hydrogen-bond donors (Lipinski definition) is 1. The molecule has 0 bridgehead atoms. The first-order valence-electron chi connectivity index (χ1n) is 11.0. The third kappa shape index (κ3) is 5.78. The van der Waals surface area contributed by atoms with E-state index < -0.39 is 0 Å². The summed E-state index contributed by atoms with van der Waals surface area (Å²) in [6, 6.07) is 15.9. The van der Waals surface area contributed by atoms with Gasteiger partial charge in [0.25, 0.3) is 5.56 Å². The van der Waals surface area contributed by atoms with Gasteiger partial charge in [-0.3, -0.25) is 9.59 Å². The molecule has 1 aliphatic rings. The molecule has 6 nitrogen and oxygen atoms in total. The number of thioether (sulfide) groups is 1. The Bertz CT molecular complexity index is 1190. The molecule has 1 saturated heterocycles. The van der Waals surface area contributed by atoms with E-state index in [0.717, 1.165) is 35.7 Å². The summed E-state index contributed by atoms with van der Waals surface area (Å²) in [7, 11) is 0. The molecular weight excluding hydrogens is 456 g/mol. The molecule has 2 heterocycles. The smallest absolute Gasteiger partial charge is 0.255 e. The number of piperazine rings is 1. The second-order valence-corrected chi connectivity index (χ2v) is 9.59. The SMILES string of the molecule is Cc1ccc(Cl)cc1N1CCN(C(=O)Cc2c(C)nc(SCc3ccccc3)[nH]c2=O)CC1. The van der Waals surface area contributed by atoms with Crippen LogP contribution in [0.5, 0.6) is 0 Å². The van der Waals surface area contributed by atoms with Gasteiger partial charge in [-0.05, 0) is 37.1 Å². The van der Waals surface area contributed by atoms with Crippen molar-refractivity contribution in [2.75, 3.05) is 31.1 Å². The van der Waals surface area contributed by atoms with Crippen molar-refractivity contribution in [1.82, 2.24) is 14.9 Å². The average Bonchev–Trinajstić information content (AvgIpc) is 2.82. The van der Waals surface area contributed by atoms with Gasteiger partial charge in [-0.15, -0.1) is 0 Å². The number of nitrogens with zero attached hydrogens (tertiary/aromatic N) is 3. The Hall–Kier alpha value is -2.77. The highest BCUT2D eigenvalue weighted by atomic mass is 35.5. The van der Waals surface area contributed by atoms with Gasteiger partial charge in [-0.2, -0.15) is 0 Å². The zero-order valence-electron chi connectivity index (χ0n) is 18.8. The molecule has 1 N–H and O–H groups in total. The lowest BCUT2D eigenvalue weighted by Gasteiger charge is -2.37. The fraction of sp³-hybridized carbons (Fsp3) is 0.320. The van der Waals surface area contributed by atoms with Gasteiger partial charge in [-0.1, -0.05) is 59.8 Å². The van der Waals surface area contributed by atoms with E-state index in [-0.39, 0.29) is 17.9 Å². The molecule has 0 aliphatic carbocycles. The maximum Gasteiger partial charge on any atom is 0.255 e. The number of aromatic nitrogens is 2. The van der Waals surface area contributed by atoms with Crippen LogP contribution in [0, 0.1) is 13.8 Å². The number of carbonyl (C=O) groups is 1. The van der Waals surface area contributed by atoms with Crippen LogP contribution >= 0.6 is 23.4 Å². The Kier molecular flexibility index (Phi) is 7.40. The van der Waals surface area contributed by atoms with E-state index in [2.05, 4.69) is 21.8 Å². The number of rotatable bonds is 6. The highest BCUT2D eigenvalue weighted by Gasteiger charge is 2.24. The molecule has 1 fully saturated rings.